The lowest BCUT2D eigenvalue weighted by molar-refractivity contribution is -0.168. The van der Waals surface area contributed by atoms with Crippen molar-refractivity contribution in [2.24, 2.45) is 46.8 Å². The average molecular weight is 364 g/mol. The third-order valence-electron chi connectivity index (χ3n) is 9.37. The van der Waals surface area contributed by atoms with E-state index in [1.807, 2.05) is 0 Å². The summed E-state index contributed by atoms with van der Waals surface area (Å²) in [5.41, 5.74) is 1.08. The lowest BCUT2D eigenvalue weighted by atomic mass is 9.47. The Hall–Kier alpha value is -1.64. The molecule has 0 aromatic carbocycles. The number of Topliss-reactive ketones (excluding diaryl/α,β-unsaturated/α-hetero) is 1. The van der Waals surface area contributed by atoms with Crippen LogP contribution in [0.3, 0.4) is 0 Å². The van der Waals surface area contributed by atoms with E-state index < -0.39 is 0 Å². The number of fused-ring (bicyclic) bond motifs is 9. The van der Waals surface area contributed by atoms with Crippen molar-refractivity contribution in [2.45, 2.75) is 51.0 Å². The molecule has 0 aromatic heterocycles. The first-order valence-electron chi connectivity index (χ1n) is 10.8. The van der Waals surface area contributed by atoms with Gasteiger partial charge in [0.05, 0.1) is 0 Å². The van der Waals surface area contributed by atoms with Crippen molar-refractivity contribution in [1.82, 2.24) is 0 Å². The Labute approximate surface area is 160 Å². The van der Waals surface area contributed by atoms with Gasteiger partial charge >= 0.3 is 5.97 Å². The quantitative estimate of drug-likeness (QED) is 0.516. The summed E-state index contributed by atoms with van der Waals surface area (Å²) in [4.78, 5) is 24.1. The lowest BCUT2D eigenvalue weighted by Crippen LogP contribution is -2.56. The van der Waals surface area contributed by atoms with E-state index in [4.69, 9.17) is 4.74 Å². The third kappa shape index (κ3) is 1.84. The van der Waals surface area contributed by atoms with E-state index in [2.05, 4.69) is 31.7 Å². The standard InChI is InChI=1S/C24H28O3/c1-3-13-10-14-11-15(25)4-5-16(14)17-6-8-23(2)22(21(13)17)18-12-19(18)24(23)9-7-20(26)27-24/h3,7,9-10,13,16-19,21-22H,1,4-6,8,11-12H2,2H3/t13?,16-,17?,18?,19?,21?,22?,23-,24-/m0/s1. The molecule has 0 aromatic rings. The van der Waals surface area contributed by atoms with Crippen molar-refractivity contribution >= 4 is 11.8 Å². The van der Waals surface area contributed by atoms with Gasteiger partial charge in [0.25, 0.3) is 0 Å². The van der Waals surface area contributed by atoms with E-state index in [-0.39, 0.29) is 17.0 Å². The van der Waals surface area contributed by atoms with Crippen molar-refractivity contribution in [1.29, 1.82) is 0 Å². The van der Waals surface area contributed by atoms with Crippen LogP contribution in [0.4, 0.5) is 0 Å². The Bertz CT molecular complexity index is 821. The maximum absolute atomic E-state index is 12.0. The molecule has 0 bridgehead atoms. The first-order chi connectivity index (χ1) is 13.0. The van der Waals surface area contributed by atoms with Crippen molar-refractivity contribution < 1.29 is 14.3 Å². The van der Waals surface area contributed by atoms with Gasteiger partial charge in [0.1, 0.15) is 11.4 Å². The minimum absolute atomic E-state index is 0.0432. The second kappa shape index (κ2) is 5.04. The highest BCUT2D eigenvalue weighted by Crippen LogP contribution is 2.77. The monoisotopic (exact) mass is 364 g/mol. The number of rotatable bonds is 1. The summed E-state index contributed by atoms with van der Waals surface area (Å²) >= 11 is 0. The molecule has 1 aliphatic heterocycles. The van der Waals surface area contributed by atoms with E-state index in [1.54, 1.807) is 6.08 Å². The number of esters is 1. The molecule has 4 fully saturated rings. The van der Waals surface area contributed by atoms with Crippen LogP contribution in [0.15, 0.2) is 36.5 Å². The lowest BCUT2D eigenvalue weighted by Gasteiger charge is -2.57. The van der Waals surface area contributed by atoms with Gasteiger partial charge in [0.2, 0.25) is 0 Å². The smallest absolute Gasteiger partial charge is 0.331 e. The Morgan fingerprint density at radius 2 is 2.11 bits per heavy atom. The van der Waals surface area contributed by atoms with Crippen LogP contribution < -0.4 is 0 Å². The molecule has 1 heterocycles. The van der Waals surface area contributed by atoms with E-state index in [9.17, 15) is 9.59 Å². The topological polar surface area (TPSA) is 43.4 Å². The first-order valence-corrected chi connectivity index (χ1v) is 10.8. The Morgan fingerprint density at radius 3 is 2.85 bits per heavy atom. The zero-order valence-corrected chi connectivity index (χ0v) is 16.0. The second-order valence-electron chi connectivity index (χ2n) is 10.2. The van der Waals surface area contributed by atoms with Gasteiger partial charge in [0, 0.05) is 30.3 Å². The molecule has 3 heteroatoms. The van der Waals surface area contributed by atoms with Crippen molar-refractivity contribution in [2.75, 3.05) is 0 Å². The largest absolute Gasteiger partial charge is 0.451 e. The molecule has 9 atom stereocenters. The zero-order valence-electron chi connectivity index (χ0n) is 16.0. The molecular formula is C24H28O3. The van der Waals surface area contributed by atoms with Crippen LogP contribution in [0.1, 0.15) is 45.4 Å². The molecule has 0 N–H and O–H groups in total. The Balaban J connectivity index is 1.44. The summed E-state index contributed by atoms with van der Waals surface area (Å²) in [5, 5.41) is 0. The Kier molecular flexibility index (Phi) is 3.05. The molecule has 4 saturated carbocycles. The predicted molar refractivity (Wildman–Crippen MR) is 101 cm³/mol. The molecule has 142 valence electrons. The third-order valence-corrected chi connectivity index (χ3v) is 9.37. The summed E-state index contributed by atoms with van der Waals surface area (Å²) in [7, 11) is 0. The first kappa shape index (κ1) is 16.3. The molecular weight excluding hydrogens is 336 g/mol. The highest BCUT2D eigenvalue weighted by atomic mass is 16.6. The van der Waals surface area contributed by atoms with Crippen LogP contribution in [-0.4, -0.2) is 17.4 Å². The molecule has 5 aliphatic carbocycles. The van der Waals surface area contributed by atoms with E-state index >= 15 is 0 Å². The zero-order chi connectivity index (χ0) is 18.6. The number of carbonyl (C=O) groups excluding carboxylic acids is 2. The summed E-state index contributed by atoms with van der Waals surface area (Å²) < 4.78 is 6.07. The number of ether oxygens (including phenoxy) is 1. The predicted octanol–water partition coefficient (Wildman–Crippen LogP) is 4.25. The van der Waals surface area contributed by atoms with Gasteiger partial charge < -0.3 is 4.74 Å². The van der Waals surface area contributed by atoms with Gasteiger partial charge in [-0.25, -0.2) is 4.79 Å². The highest BCUT2D eigenvalue weighted by molar-refractivity contribution is 5.86. The molecule has 1 spiro atoms. The molecule has 6 unspecified atom stereocenters. The van der Waals surface area contributed by atoms with Crippen LogP contribution in [0.5, 0.6) is 0 Å². The summed E-state index contributed by atoms with van der Waals surface area (Å²) in [6.45, 7) is 6.58. The van der Waals surface area contributed by atoms with Crippen molar-refractivity contribution in [3.63, 3.8) is 0 Å². The molecule has 6 rings (SSSR count). The number of hydrogen-bond donors (Lipinski definition) is 0. The van der Waals surface area contributed by atoms with Gasteiger partial charge in [-0.2, -0.15) is 0 Å². The van der Waals surface area contributed by atoms with Crippen LogP contribution in [0.25, 0.3) is 0 Å². The van der Waals surface area contributed by atoms with Gasteiger partial charge in [-0.1, -0.05) is 24.6 Å². The van der Waals surface area contributed by atoms with E-state index in [0.29, 0.717) is 53.6 Å². The highest BCUT2D eigenvalue weighted by Gasteiger charge is 2.78. The van der Waals surface area contributed by atoms with Crippen LogP contribution >= 0.6 is 0 Å². The number of hydrogen-bond acceptors (Lipinski definition) is 3. The maximum Gasteiger partial charge on any atom is 0.331 e. The average Bonchev–Trinajstić information content (AvgIpc) is 3.29. The summed E-state index contributed by atoms with van der Waals surface area (Å²) in [6, 6.07) is 0. The number of carbonyl (C=O) groups is 2. The van der Waals surface area contributed by atoms with Crippen LogP contribution in [0, 0.1) is 46.8 Å². The molecule has 27 heavy (non-hydrogen) atoms. The fraction of sp³-hybridized carbons (Fsp3) is 0.667. The number of allylic oxidation sites excluding steroid dienone is 3. The number of ketones is 1. The van der Waals surface area contributed by atoms with Crippen LogP contribution in [-0.2, 0) is 14.3 Å². The van der Waals surface area contributed by atoms with Crippen molar-refractivity contribution in [3.8, 4) is 0 Å². The maximum atomic E-state index is 12.0. The van der Waals surface area contributed by atoms with Gasteiger partial charge in [0.15, 0.2) is 0 Å². The van der Waals surface area contributed by atoms with E-state index in [0.717, 1.165) is 19.3 Å². The molecule has 0 amide bonds. The summed E-state index contributed by atoms with van der Waals surface area (Å²) in [5.74, 6) is 4.24. The van der Waals surface area contributed by atoms with Crippen molar-refractivity contribution in [3.05, 3.63) is 36.5 Å². The van der Waals surface area contributed by atoms with Gasteiger partial charge in [-0.05, 0) is 67.3 Å². The fourth-order valence-electron chi connectivity index (χ4n) is 8.39. The summed E-state index contributed by atoms with van der Waals surface area (Å²) in [6.07, 6.45) is 14.3. The molecule has 0 radical (unpaired) electrons. The van der Waals surface area contributed by atoms with E-state index in [1.165, 1.54) is 18.4 Å². The normalized spacial score (nSPS) is 54.6. The van der Waals surface area contributed by atoms with Crippen LogP contribution in [0.2, 0.25) is 0 Å². The molecule has 3 nitrogen and oxygen atoms in total. The Morgan fingerprint density at radius 1 is 1.26 bits per heavy atom. The molecule has 6 aliphatic rings. The fourth-order valence-corrected chi connectivity index (χ4v) is 8.39. The van der Waals surface area contributed by atoms with Gasteiger partial charge in [-0.3, -0.25) is 4.79 Å². The SMILES string of the molecule is C=CC1C=C2CC(=O)CC[C@@H]2C2CC[C@@]3(C)C(C4CC4[C@@]34C=CC(=O)O4)C12. The second-order valence-corrected chi connectivity index (χ2v) is 10.2. The minimum Gasteiger partial charge on any atom is -0.451 e. The minimum atomic E-state index is -0.359. The molecule has 0 saturated heterocycles. The van der Waals surface area contributed by atoms with Gasteiger partial charge in [-0.15, -0.1) is 6.58 Å².